The number of amides is 2. The normalized spacial score (nSPS) is 21.8. The zero-order valence-corrected chi connectivity index (χ0v) is 13.2. The Kier molecular flexibility index (Phi) is 5.08. The van der Waals surface area contributed by atoms with Crippen LogP contribution < -0.4 is 0 Å². The van der Waals surface area contributed by atoms with Gasteiger partial charge in [0.25, 0.3) is 5.91 Å². The third-order valence-electron chi connectivity index (χ3n) is 4.33. The maximum absolute atomic E-state index is 12.3. The van der Waals surface area contributed by atoms with E-state index >= 15 is 0 Å². The number of benzene rings is 1. The van der Waals surface area contributed by atoms with Gasteiger partial charge in [0, 0.05) is 38.9 Å². The number of ether oxygens (including phenoxy) is 1. The summed E-state index contributed by atoms with van der Waals surface area (Å²) in [5, 5.41) is 0. The molecule has 1 unspecified atom stereocenters. The second kappa shape index (κ2) is 7.42. The Hall–Kier alpha value is -2.14. The summed E-state index contributed by atoms with van der Waals surface area (Å²) in [5.74, 6) is 0.0764. The van der Waals surface area contributed by atoms with E-state index in [9.17, 15) is 9.59 Å². The van der Waals surface area contributed by atoms with Gasteiger partial charge in [-0.2, -0.15) is 0 Å². The number of hydrogen-bond donors (Lipinski definition) is 0. The zero-order valence-electron chi connectivity index (χ0n) is 13.2. The van der Waals surface area contributed by atoms with Gasteiger partial charge in [-0.05, 0) is 24.5 Å². The second-order valence-electron chi connectivity index (χ2n) is 5.90. The summed E-state index contributed by atoms with van der Waals surface area (Å²) in [4.78, 5) is 28.1. The first-order valence-electron chi connectivity index (χ1n) is 8.16. The van der Waals surface area contributed by atoms with Crippen molar-refractivity contribution in [1.82, 2.24) is 9.80 Å². The minimum absolute atomic E-state index is 0.00179. The van der Waals surface area contributed by atoms with Crippen LogP contribution >= 0.6 is 0 Å². The van der Waals surface area contributed by atoms with Crippen molar-refractivity contribution < 1.29 is 14.3 Å². The molecule has 1 atom stereocenters. The fourth-order valence-electron chi connectivity index (χ4n) is 2.96. The van der Waals surface area contributed by atoms with Crippen LogP contribution in [0.5, 0.6) is 0 Å². The van der Waals surface area contributed by atoms with Gasteiger partial charge in [0.2, 0.25) is 5.91 Å². The summed E-state index contributed by atoms with van der Waals surface area (Å²) in [7, 11) is 0. The van der Waals surface area contributed by atoms with Crippen molar-refractivity contribution in [3.05, 3.63) is 42.0 Å². The second-order valence-corrected chi connectivity index (χ2v) is 5.90. The van der Waals surface area contributed by atoms with Crippen LogP contribution in [0.2, 0.25) is 0 Å². The first kappa shape index (κ1) is 15.7. The summed E-state index contributed by atoms with van der Waals surface area (Å²) in [6.07, 6.45) is 4.94. The standard InChI is InChI=1S/C18H22N2O3/c21-17(9-8-15-5-2-1-3-6-15)19-10-12-20(13-11-19)18(22)16-7-4-14-23-16/h1-3,5-6,8-9,16H,4,7,10-14H2/b9-8+. The molecule has 0 radical (unpaired) electrons. The molecule has 2 fully saturated rings. The number of rotatable bonds is 3. The maximum atomic E-state index is 12.3. The fraction of sp³-hybridized carbons (Fsp3) is 0.444. The quantitative estimate of drug-likeness (QED) is 0.796. The van der Waals surface area contributed by atoms with Gasteiger partial charge >= 0.3 is 0 Å². The Bertz CT molecular complexity index is 571. The lowest BCUT2D eigenvalue weighted by Crippen LogP contribution is -2.52. The van der Waals surface area contributed by atoms with Crippen molar-refractivity contribution in [2.45, 2.75) is 18.9 Å². The molecule has 23 heavy (non-hydrogen) atoms. The van der Waals surface area contributed by atoms with Crippen LogP contribution in [0.25, 0.3) is 6.08 Å². The lowest BCUT2D eigenvalue weighted by atomic mass is 10.2. The lowest BCUT2D eigenvalue weighted by molar-refractivity contribution is -0.144. The van der Waals surface area contributed by atoms with Gasteiger partial charge in [-0.25, -0.2) is 0 Å². The molecular weight excluding hydrogens is 292 g/mol. The molecule has 5 heteroatoms. The highest BCUT2D eigenvalue weighted by Crippen LogP contribution is 2.16. The molecular formula is C18H22N2O3. The van der Waals surface area contributed by atoms with Crippen molar-refractivity contribution in [3.63, 3.8) is 0 Å². The average molecular weight is 314 g/mol. The minimum Gasteiger partial charge on any atom is -0.368 e. The highest BCUT2D eigenvalue weighted by molar-refractivity contribution is 5.92. The van der Waals surface area contributed by atoms with Gasteiger partial charge in [0.05, 0.1) is 0 Å². The molecule has 0 spiro atoms. The van der Waals surface area contributed by atoms with E-state index in [1.165, 1.54) is 0 Å². The molecule has 2 heterocycles. The van der Waals surface area contributed by atoms with Crippen LogP contribution in [0.1, 0.15) is 18.4 Å². The average Bonchev–Trinajstić information content (AvgIpc) is 3.15. The SMILES string of the molecule is O=C(/C=C/c1ccccc1)N1CCN(C(=O)C2CCCO2)CC1. The Balaban J connectivity index is 1.49. The van der Waals surface area contributed by atoms with Crippen LogP contribution in [-0.2, 0) is 14.3 Å². The van der Waals surface area contributed by atoms with Crippen molar-refractivity contribution in [3.8, 4) is 0 Å². The van der Waals surface area contributed by atoms with Crippen molar-refractivity contribution in [2.24, 2.45) is 0 Å². The Morgan fingerprint density at radius 1 is 1.04 bits per heavy atom. The van der Waals surface area contributed by atoms with E-state index in [2.05, 4.69) is 0 Å². The zero-order chi connectivity index (χ0) is 16.1. The van der Waals surface area contributed by atoms with Crippen LogP contribution in [-0.4, -0.2) is 60.5 Å². The molecule has 0 aliphatic carbocycles. The molecule has 1 aromatic carbocycles. The van der Waals surface area contributed by atoms with Gasteiger partial charge in [-0.15, -0.1) is 0 Å². The topological polar surface area (TPSA) is 49.9 Å². The predicted molar refractivity (Wildman–Crippen MR) is 87.6 cm³/mol. The lowest BCUT2D eigenvalue weighted by Gasteiger charge is -2.35. The molecule has 0 N–H and O–H groups in total. The van der Waals surface area contributed by atoms with Gasteiger partial charge in [-0.3, -0.25) is 9.59 Å². The number of nitrogens with zero attached hydrogens (tertiary/aromatic N) is 2. The molecule has 122 valence electrons. The monoisotopic (exact) mass is 314 g/mol. The number of piperazine rings is 1. The Morgan fingerprint density at radius 2 is 1.74 bits per heavy atom. The highest BCUT2D eigenvalue weighted by Gasteiger charge is 2.30. The molecule has 2 aliphatic rings. The van der Waals surface area contributed by atoms with E-state index in [1.54, 1.807) is 11.0 Å². The third-order valence-corrected chi connectivity index (χ3v) is 4.33. The van der Waals surface area contributed by atoms with Crippen LogP contribution in [0.4, 0.5) is 0 Å². The van der Waals surface area contributed by atoms with E-state index in [4.69, 9.17) is 4.74 Å². The van der Waals surface area contributed by atoms with Crippen molar-refractivity contribution in [1.29, 1.82) is 0 Å². The number of carbonyl (C=O) groups excluding carboxylic acids is 2. The molecule has 0 bridgehead atoms. The predicted octanol–water partition coefficient (Wildman–Crippen LogP) is 1.55. The Labute approximate surface area is 136 Å². The summed E-state index contributed by atoms with van der Waals surface area (Å²) in [6.45, 7) is 3.01. The summed E-state index contributed by atoms with van der Waals surface area (Å²) in [6, 6.07) is 9.76. The van der Waals surface area contributed by atoms with Crippen LogP contribution in [0.15, 0.2) is 36.4 Å². The molecule has 5 nitrogen and oxygen atoms in total. The van der Waals surface area contributed by atoms with Crippen molar-refractivity contribution in [2.75, 3.05) is 32.8 Å². The maximum Gasteiger partial charge on any atom is 0.251 e. The van der Waals surface area contributed by atoms with E-state index in [0.717, 1.165) is 18.4 Å². The molecule has 1 aromatic rings. The third kappa shape index (κ3) is 3.99. The van der Waals surface area contributed by atoms with Gasteiger partial charge in [0.1, 0.15) is 6.10 Å². The van der Waals surface area contributed by atoms with Gasteiger partial charge < -0.3 is 14.5 Å². The van der Waals surface area contributed by atoms with Gasteiger partial charge in [-0.1, -0.05) is 30.3 Å². The first-order valence-corrected chi connectivity index (χ1v) is 8.16. The molecule has 2 saturated heterocycles. The Morgan fingerprint density at radius 3 is 2.39 bits per heavy atom. The largest absolute Gasteiger partial charge is 0.368 e. The van der Waals surface area contributed by atoms with E-state index < -0.39 is 0 Å². The van der Waals surface area contributed by atoms with E-state index in [-0.39, 0.29) is 17.9 Å². The smallest absolute Gasteiger partial charge is 0.251 e. The molecule has 2 amide bonds. The number of carbonyl (C=O) groups is 2. The molecule has 0 saturated carbocycles. The molecule has 0 aromatic heterocycles. The summed E-state index contributed by atoms with van der Waals surface area (Å²) >= 11 is 0. The fourth-order valence-corrected chi connectivity index (χ4v) is 2.96. The molecule has 3 rings (SSSR count). The number of hydrogen-bond acceptors (Lipinski definition) is 3. The highest BCUT2D eigenvalue weighted by atomic mass is 16.5. The summed E-state index contributed by atoms with van der Waals surface area (Å²) in [5.41, 5.74) is 1.01. The van der Waals surface area contributed by atoms with E-state index in [1.807, 2.05) is 41.3 Å². The van der Waals surface area contributed by atoms with E-state index in [0.29, 0.717) is 32.8 Å². The molecule has 2 aliphatic heterocycles. The first-order chi connectivity index (χ1) is 11.2. The van der Waals surface area contributed by atoms with Crippen molar-refractivity contribution >= 4 is 17.9 Å². The van der Waals surface area contributed by atoms with Crippen LogP contribution in [0.3, 0.4) is 0 Å². The summed E-state index contributed by atoms with van der Waals surface area (Å²) < 4.78 is 5.45. The minimum atomic E-state index is -0.268. The van der Waals surface area contributed by atoms with Crippen LogP contribution in [0, 0.1) is 0 Å². The van der Waals surface area contributed by atoms with Gasteiger partial charge in [0.15, 0.2) is 0 Å².